The largest absolute Gasteiger partial charge is 0.573 e. The summed E-state index contributed by atoms with van der Waals surface area (Å²) in [6, 6.07) is 9.37. The first-order valence-electron chi connectivity index (χ1n) is 10.4. The maximum Gasteiger partial charge on any atom is 0.573 e. The zero-order valence-corrected chi connectivity index (χ0v) is 17.6. The molecule has 4 rings (SSSR count). The first kappa shape index (κ1) is 22.0. The molecular formula is C23H23F3N4O2. The predicted molar refractivity (Wildman–Crippen MR) is 113 cm³/mol. The van der Waals surface area contributed by atoms with E-state index in [-0.39, 0.29) is 11.3 Å². The smallest absolute Gasteiger partial charge is 0.406 e. The highest BCUT2D eigenvalue weighted by atomic mass is 19.4. The van der Waals surface area contributed by atoms with Crippen molar-refractivity contribution in [3.05, 3.63) is 75.6 Å². The van der Waals surface area contributed by atoms with Crippen molar-refractivity contribution in [2.75, 3.05) is 6.54 Å². The molecule has 0 radical (unpaired) electrons. The van der Waals surface area contributed by atoms with Gasteiger partial charge in [0.2, 0.25) is 0 Å². The quantitative estimate of drug-likeness (QED) is 0.616. The van der Waals surface area contributed by atoms with Crippen LogP contribution in [0.4, 0.5) is 13.2 Å². The molecule has 32 heavy (non-hydrogen) atoms. The summed E-state index contributed by atoms with van der Waals surface area (Å²) in [6.45, 7) is 4.03. The van der Waals surface area contributed by atoms with Crippen molar-refractivity contribution in [3.8, 4) is 17.0 Å². The topological polar surface area (TPSA) is 71.1 Å². The number of benzene rings is 1. The molecule has 1 aliphatic heterocycles. The minimum Gasteiger partial charge on any atom is -0.406 e. The van der Waals surface area contributed by atoms with E-state index in [1.165, 1.54) is 24.3 Å². The van der Waals surface area contributed by atoms with E-state index in [1.807, 2.05) is 12.1 Å². The minimum absolute atomic E-state index is 0.0606. The van der Waals surface area contributed by atoms with Gasteiger partial charge in [0.1, 0.15) is 11.6 Å². The fraction of sp³-hybridized carbons (Fsp3) is 0.348. The van der Waals surface area contributed by atoms with Crippen LogP contribution in [0.15, 0.2) is 47.4 Å². The third kappa shape index (κ3) is 5.34. The molecule has 168 valence electrons. The third-order valence-corrected chi connectivity index (χ3v) is 5.30. The zero-order chi connectivity index (χ0) is 22.7. The lowest BCUT2D eigenvalue weighted by Crippen LogP contribution is -2.35. The van der Waals surface area contributed by atoms with Gasteiger partial charge >= 0.3 is 6.36 Å². The second-order valence-corrected chi connectivity index (χ2v) is 7.77. The van der Waals surface area contributed by atoms with E-state index in [0.717, 1.165) is 48.5 Å². The van der Waals surface area contributed by atoms with Crippen LogP contribution < -0.4 is 10.3 Å². The summed E-state index contributed by atoms with van der Waals surface area (Å²) in [5, 5.41) is 0. The molecule has 0 saturated carbocycles. The molecule has 0 amide bonds. The van der Waals surface area contributed by atoms with Gasteiger partial charge in [-0.2, -0.15) is 0 Å². The van der Waals surface area contributed by atoms with E-state index >= 15 is 0 Å². The summed E-state index contributed by atoms with van der Waals surface area (Å²) in [5.74, 6) is 0.483. The van der Waals surface area contributed by atoms with Crippen LogP contribution >= 0.6 is 0 Å². The SMILES string of the molecule is CCCc1nc2c(c(=O)[nH]1)CN(Cc1ccc(-c3ccc(OC(F)(F)F)cc3)nc1)CC2. The first-order chi connectivity index (χ1) is 15.3. The third-order valence-electron chi connectivity index (χ3n) is 5.30. The van der Waals surface area contributed by atoms with Crippen molar-refractivity contribution in [1.82, 2.24) is 19.9 Å². The van der Waals surface area contributed by atoms with Crippen LogP contribution in [-0.4, -0.2) is 32.8 Å². The average Bonchev–Trinajstić information content (AvgIpc) is 2.75. The molecule has 0 aliphatic carbocycles. The molecule has 6 nitrogen and oxygen atoms in total. The minimum atomic E-state index is -4.71. The van der Waals surface area contributed by atoms with Crippen LogP contribution in [0.25, 0.3) is 11.3 Å². The maximum absolute atomic E-state index is 12.5. The average molecular weight is 444 g/mol. The van der Waals surface area contributed by atoms with Gasteiger partial charge in [-0.3, -0.25) is 14.7 Å². The Bertz CT molecular complexity index is 1130. The molecule has 9 heteroatoms. The van der Waals surface area contributed by atoms with Gasteiger partial charge in [0, 0.05) is 44.2 Å². The number of aromatic amines is 1. The zero-order valence-electron chi connectivity index (χ0n) is 17.6. The molecule has 1 aliphatic rings. The van der Waals surface area contributed by atoms with E-state index in [0.29, 0.717) is 24.3 Å². The summed E-state index contributed by atoms with van der Waals surface area (Å²) in [4.78, 5) is 26.6. The predicted octanol–water partition coefficient (Wildman–Crippen LogP) is 4.24. The number of rotatable bonds is 6. The van der Waals surface area contributed by atoms with Crippen LogP contribution in [-0.2, 0) is 25.9 Å². The van der Waals surface area contributed by atoms with Gasteiger partial charge in [-0.15, -0.1) is 13.2 Å². The highest BCUT2D eigenvalue weighted by Crippen LogP contribution is 2.26. The Kier molecular flexibility index (Phi) is 6.27. The summed E-state index contributed by atoms with van der Waals surface area (Å²) in [7, 11) is 0. The van der Waals surface area contributed by atoms with Gasteiger partial charge < -0.3 is 9.72 Å². The number of fused-ring (bicyclic) bond motifs is 1. The molecule has 0 unspecified atom stereocenters. The van der Waals surface area contributed by atoms with Crippen molar-refractivity contribution in [1.29, 1.82) is 0 Å². The maximum atomic E-state index is 12.5. The molecule has 0 saturated heterocycles. The number of pyridine rings is 1. The van der Waals surface area contributed by atoms with Gasteiger partial charge in [0.25, 0.3) is 5.56 Å². The molecule has 2 aromatic heterocycles. The van der Waals surface area contributed by atoms with Crippen molar-refractivity contribution < 1.29 is 17.9 Å². The van der Waals surface area contributed by atoms with Crippen molar-refractivity contribution in [2.45, 2.75) is 45.6 Å². The first-order valence-corrected chi connectivity index (χ1v) is 10.4. The van der Waals surface area contributed by atoms with Crippen molar-refractivity contribution >= 4 is 0 Å². The molecule has 0 bridgehead atoms. The number of aromatic nitrogens is 3. The summed E-state index contributed by atoms with van der Waals surface area (Å²) in [5.41, 5.74) is 3.89. The van der Waals surface area contributed by atoms with Gasteiger partial charge in [-0.25, -0.2) is 4.98 Å². The lowest BCUT2D eigenvalue weighted by atomic mass is 10.1. The van der Waals surface area contributed by atoms with Gasteiger partial charge in [0.15, 0.2) is 0 Å². The number of alkyl halides is 3. The van der Waals surface area contributed by atoms with Crippen LogP contribution in [0.1, 0.15) is 36.0 Å². The summed E-state index contributed by atoms with van der Waals surface area (Å²) in [6.07, 6.45) is -0.536. The van der Waals surface area contributed by atoms with E-state index in [4.69, 9.17) is 0 Å². The second-order valence-electron chi connectivity index (χ2n) is 7.77. The second kappa shape index (κ2) is 9.12. The Hall–Kier alpha value is -3.20. The lowest BCUT2D eigenvalue weighted by molar-refractivity contribution is -0.274. The van der Waals surface area contributed by atoms with Crippen molar-refractivity contribution in [2.24, 2.45) is 0 Å². The number of aryl methyl sites for hydroxylation is 1. The lowest BCUT2D eigenvalue weighted by Gasteiger charge is -2.27. The highest BCUT2D eigenvalue weighted by Gasteiger charge is 2.31. The van der Waals surface area contributed by atoms with Crippen LogP contribution in [0, 0.1) is 0 Å². The van der Waals surface area contributed by atoms with E-state index in [2.05, 4.69) is 31.5 Å². The Balaban J connectivity index is 1.41. The summed E-state index contributed by atoms with van der Waals surface area (Å²) >= 11 is 0. The molecule has 1 N–H and O–H groups in total. The molecule has 0 fully saturated rings. The van der Waals surface area contributed by atoms with Crippen LogP contribution in [0.5, 0.6) is 5.75 Å². The van der Waals surface area contributed by atoms with Gasteiger partial charge in [-0.05, 0) is 42.3 Å². The Morgan fingerprint density at radius 3 is 2.59 bits per heavy atom. The van der Waals surface area contributed by atoms with E-state index in [1.54, 1.807) is 6.20 Å². The Morgan fingerprint density at radius 2 is 1.94 bits per heavy atom. The number of nitrogens with zero attached hydrogens (tertiary/aromatic N) is 3. The molecule has 0 atom stereocenters. The Labute approximate surface area is 183 Å². The number of nitrogens with one attached hydrogen (secondary N) is 1. The normalized spacial score (nSPS) is 14.2. The fourth-order valence-corrected chi connectivity index (χ4v) is 3.80. The summed E-state index contributed by atoms with van der Waals surface area (Å²) < 4.78 is 40.8. The van der Waals surface area contributed by atoms with Crippen molar-refractivity contribution in [3.63, 3.8) is 0 Å². The number of hydrogen-bond acceptors (Lipinski definition) is 5. The Morgan fingerprint density at radius 1 is 1.16 bits per heavy atom. The number of halogens is 3. The van der Waals surface area contributed by atoms with Gasteiger partial charge in [-0.1, -0.05) is 13.0 Å². The molecule has 1 aromatic carbocycles. The number of ether oxygens (including phenoxy) is 1. The molecular weight excluding hydrogens is 421 g/mol. The molecule has 3 heterocycles. The monoisotopic (exact) mass is 444 g/mol. The highest BCUT2D eigenvalue weighted by molar-refractivity contribution is 5.60. The number of H-pyrrole nitrogens is 1. The van der Waals surface area contributed by atoms with Crippen LogP contribution in [0.3, 0.4) is 0 Å². The fourth-order valence-electron chi connectivity index (χ4n) is 3.80. The number of hydrogen-bond donors (Lipinski definition) is 1. The molecule has 3 aromatic rings. The van der Waals surface area contributed by atoms with Gasteiger partial charge in [0.05, 0.1) is 17.0 Å². The standard InChI is InChI=1S/C23H23F3N4O2/c1-2-3-21-28-20-10-11-30(14-18(20)22(31)29-21)13-15-4-9-19(27-12-15)16-5-7-17(8-6-16)32-23(24,25)26/h4-9,12H,2-3,10-11,13-14H2,1H3,(H,28,29,31). The van der Waals surface area contributed by atoms with Crippen LogP contribution in [0.2, 0.25) is 0 Å². The molecule has 0 spiro atoms. The van der Waals surface area contributed by atoms with E-state index < -0.39 is 6.36 Å². The van der Waals surface area contributed by atoms with E-state index in [9.17, 15) is 18.0 Å².